The summed E-state index contributed by atoms with van der Waals surface area (Å²) in [5.74, 6) is 5.53. The molecule has 0 aliphatic carbocycles. The average Bonchev–Trinajstić information content (AvgIpc) is 2.65. The zero-order chi connectivity index (χ0) is 11.1. The van der Waals surface area contributed by atoms with Gasteiger partial charge >= 0.3 is 0 Å². The Balaban J connectivity index is 2.35. The lowest BCUT2D eigenvalue weighted by Crippen LogP contribution is -2.28. The monoisotopic (exact) mass is 228 g/mol. The summed E-state index contributed by atoms with van der Waals surface area (Å²) in [6, 6.07) is 2.39. The predicted molar refractivity (Wildman–Crippen MR) is 64.8 cm³/mol. The molecule has 0 saturated heterocycles. The van der Waals surface area contributed by atoms with Crippen molar-refractivity contribution in [3.05, 3.63) is 21.9 Å². The SMILES string of the molecule is CCCOCCC(NN)c1csc(C)c1. The molecule has 15 heavy (non-hydrogen) atoms. The third-order valence-electron chi connectivity index (χ3n) is 2.25. The van der Waals surface area contributed by atoms with Crippen molar-refractivity contribution in [3.8, 4) is 0 Å². The van der Waals surface area contributed by atoms with Gasteiger partial charge in [0, 0.05) is 24.1 Å². The van der Waals surface area contributed by atoms with Crippen LogP contribution in [0.4, 0.5) is 0 Å². The van der Waals surface area contributed by atoms with Crippen LogP contribution in [0.5, 0.6) is 0 Å². The molecule has 0 saturated carbocycles. The fourth-order valence-electron chi connectivity index (χ4n) is 1.44. The van der Waals surface area contributed by atoms with Crippen LogP contribution in [-0.4, -0.2) is 13.2 Å². The molecule has 0 fully saturated rings. The van der Waals surface area contributed by atoms with Crippen LogP contribution in [0.2, 0.25) is 0 Å². The van der Waals surface area contributed by atoms with Gasteiger partial charge in [0.15, 0.2) is 0 Å². The summed E-state index contributed by atoms with van der Waals surface area (Å²) in [5, 5.41) is 2.15. The molecule has 1 unspecified atom stereocenters. The summed E-state index contributed by atoms with van der Waals surface area (Å²) < 4.78 is 5.45. The highest BCUT2D eigenvalue weighted by atomic mass is 32.1. The van der Waals surface area contributed by atoms with Gasteiger partial charge in [-0.05, 0) is 36.8 Å². The third kappa shape index (κ3) is 4.30. The van der Waals surface area contributed by atoms with Gasteiger partial charge in [-0.25, -0.2) is 0 Å². The first kappa shape index (κ1) is 12.6. The van der Waals surface area contributed by atoms with Gasteiger partial charge in [0.25, 0.3) is 0 Å². The van der Waals surface area contributed by atoms with Crippen molar-refractivity contribution in [3.63, 3.8) is 0 Å². The van der Waals surface area contributed by atoms with E-state index >= 15 is 0 Å². The van der Waals surface area contributed by atoms with Crippen LogP contribution in [0.1, 0.15) is 36.2 Å². The Morgan fingerprint density at radius 3 is 2.87 bits per heavy atom. The number of nitrogens with one attached hydrogen (secondary N) is 1. The Morgan fingerprint density at radius 2 is 2.33 bits per heavy atom. The standard InChI is InChI=1S/C11H20N2OS/c1-3-5-14-6-4-11(13-12)10-7-9(2)15-8-10/h7-8,11,13H,3-6,12H2,1-2H3. The highest BCUT2D eigenvalue weighted by Gasteiger charge is 2.10. The van der Waals surface area contributed by atoms with Gasteiger partial charge in [0.1, 0.15) is 0 Å². The van der Waals surface area contributed by atoms with Crippen molar-refractivity contribution in [1.29, 1.82) is 0 Å². The summed E-state index contributed by atoms with van der Waals surface area (Å²) in [6.07, 6.45) is 1.99. The maximum Gasteiger partial charge on any atom is 0.0490 e. The number of hydrazine groups is 1. The molecule has 1 aromatic rings. The number of ether oxygens (including phenoxy) is 1. The molecule has 1 aromatic heterocycles. The second-order valence-corrected chi connectivity index (χ2v) is 4.73. The number of thiophene rings is 1. The Labute approximate surface area is 95.6 Å². The van der Waals surface area contributed by atoms with Gasteiger partial charge < -0.3 is 4.74 Å². The van der Waals surface area contributed by atoms with Crippen LogP contribution in [0.3, 0.4) is 0 Å². The minimum absolute atomic E-state index is 0.215. The van der Waals surface area contributed by atoms with Crippen LogP contribution in [0, 0.1) is 6.92 Å². The highest BCUT2D eigenvalue weighted by Crippen LogP contribution is 2.22. The van der Waals surface area contributed by atoms with Crippen LogP contribution in [0.15, 0.2) is 11.4 Å². The van der Waals surface area contributed by atoms with E-state index in [1.54, 1.807) is 11.3 Å². The van der Waals surface area contributed by atoms with E-state index in [0.29, 0.717) is 0 Å². The second kappa shape index (κ2) is 6.95. The fourth-order valence-corrected chi connectivity index (χ4v) is 2.20. The topological polar surface area (TPSA) is 47.3 Å². The summed E-state index contributed by atoms with van der Waals surface area (Å²) in [5.41, 5.74) is 4.10. The fraction of sp³-hybridized carbons (Fsp3) is 0.636. The van der Waals surface area contributed by atoms with E-state index in [-0.39, 0.29) is 6.04 Å². The molecule has 1 heterocycles. The number of hydrogen-bond donors (Lipinski definition) is 2. The maximum absolute atomic E-state index is 5.53. The number of nitrogens with two attached hydrogens (primary N) is 1. The lowest BCUT2D eigenvalue weighted by molar-refractivity contribution is 0.124. The number of aryl methyl sites for hydroxylation is 1. The summed E-state index contributed by atoms with van der Waals surface area (Å²) in [6.45, 7) is 5.81. The normalized spacial score (nSPS) is 13.0. The first-order chi connectivity index (χ1) is 7.27. The largest absolute Gasteiger partial charge is 0.381 e. The van der Waals surface area contributed by atoms with Gasteiger partial charge in [-0.15, -0.1) is 11.3 Å². The van der Waals surface area contributed by atoms with Crippen LogP contribution < -0.4 is 11.3 Å². The molecule has 1 atom stereocenters. The molecular formula is C11H20N2OS. The molecule has 0 aromatic carbocycles. The van der Waals surface area contributed by atoms with Crippen molar-refractivity contribution in [1.82, 2.24) is 5.43 Å². The van der Waals surface area contributed by atoms with Crippen molar-refractivity contribution in [2.24, 2.45) is 5.84 Å². The number of rotatable bonds is 7. The summed E-state index contributed by atoms with van der Waals surface area (Å²) in [7, 11) is 0. The summed E-state index contributed by atoms with van der Waals surface area (Å²) in [4.78, 5) is 1.32. The van der Waals surface area contributed by atoms with Gasteiger partial charge in [-0.1, -0.05) is 6.92 Å². The zero-order valence-corrected chi connectivity index (χ0v) is 10.3. The molecule has 3 nitrogen and oxygen atoms in total. The first-order valence-corrected chi connectivity index (χ1v) is 6.24. The first-order valence-electron chi connectivity index (χ1n) is 5.36. The molecule has 0 bridgehead atoms. The smallest absolute Gasteiger partial charge is 0.0490 e. The summed E-state index contributed by atoms with van der Waals surface area (Å²) >= 11 is 1.76. The molecule has 0 aliphatic rings. The minimum Gasteiger partial charge on any atom is -0.381 e. The van der Waals surface area contributed by atoms with Gasteiger partial charge in [-0.3, -0.25) is 11.3 Å². The molecule has 3 N–H and O–H groups in total. The van der Waals surface area contributed by atoms with Gasteiger partial charge in [0.2, 0.25) is 0 Å². The van der Waals surface area contributed by atoms with Crippen molar-refractivity contribution >= 4 is 11.3 Å². The Kier molecular flexibility index (Phi) is 5.86. The average molecular weight is 228 g/mol. The molecule has 0 amide bonds. The zero-order valence-electron chi connectivity index (χ0n) is 9.45. The van der Waals surface area contributed by atoms with E-state index in [1.165, 1.54) is 10.4 Å². The van der Waals surface area contributed by atoms with E-state index in [0.717, 1.165) is 26.1 Å². The van der Waals surface area contributed by atoms with Crippen LogP contribution in [0.25, 0.3) is 0 Å². The Bertz CT molecular complexity index is 275. The maximum atomic E-state index is 5.53. The lowest BCUT2D eigenvalue weighted by atomic mass is 10.1. The van der Waals surface area contributed by atoms with E-state index in [2.05, 4.69) is 30.7 Å². The molecule has 86 valence electrons. The Morgan fingerprint density at radius 1 is 1.53 bits per heavy atom. The molecule has 4 heteroatoms. The van der Waals surface area contributed by atoms with Crippen LogP contribution >= 0.6 is 11.3 Å². The molecule has 0 radical (unpaired) electrons. The predicted octanol–water partition coefficient (Wildman–Crippen LogP) is 2.38. The molecule has 0 spiro atoms. The molecular weight excluding hydrogens is 208 g/mol. The Hall–Kier alpha value is -0.420. The second-order valence-electron chi connectivity index (χ2n) is 3.61. The molecule has 0 aliphatic heterocycles. The van der Waals surface area contributed by atoms with E-state index in [4.69, 9.17) is 10.6 Å². The van der Waals surface area contributed by atoms with Crippen LogP contribution in [-0.2, 0) is 4.74 Å². The van der Waals surface area contributed by atoms with Crippen molar-refractivity contribution < 1.29 is 4.74 Å². The number of hydrogen-bond acceptors (Lipinski definition) is 4. The quantitative estimate of drug-likeness (QED) is 0.428. The molecule has 1 rings (SSSR count). The van der Waals surface area contributed by atoms with E-state index in [9.17, 15) is 0 Å². The minimum atomic E-state index is 0.215. The van der Waals surface area contributed by atoms with Crippen molar-refractivity contribution in [2.45, 2.75) is 32.7 Å². The lowest BCUT2D eigenvalue weighted by Gasteiger charge is -2.14. The van der Waals surface area contributed by atoms with Gasteiger partial charge in [-0.2, -0.15) is 0 Å². The van der Waals surface area contributed by atoms with E-state index in [1.807, 2.05) is 0 Å². The highest BCUT2D eigenvalue weighted by molar-refractivity contribution is 7.10. The third-order valence-corrected chi connectivity index (χ3v) is 3.13. The van der Waals surface area contributed by atoms with E-state index < -0.39 is 0 Å². The van der Waals surface area contributed by atoms with Crippen molar-refractivity contribution in [2.75, 3.05) is 13.2 Å². The van der Waals surface area contributed by atoms with Gasteiger partial charge in [0.05, 0.1) is 0 Å².